The zero-order chi connectivity index (χ0) is 18.7. The van der Waals surface area contributed by atoms with Gasteiger partial charge in [-0.3, -0.25) is 9.59 Å². The standard InChI is InChI=1S/C19H17Cl3N2O2/c20-12-5-6-17(22)15(11-12)19(26)24-9-7-13(8-10-24)23-18(25)14-3-1-2-4-16(14)21/h1-6,11,13H,7-10H2,(H,23,25). The van der Waals surface area contributed by atoms with Crippen molar-refractivity contribution in [1.29, 1.82) is 0 Å². The van der Waals surface area contributed by atoms with Crippen molar-refractivity contribution in [3.63, 3.8) is 0 Å². The predicted molar refractivity (Wildman–Crippen MR) is 104 cm³/mol. The average Bonchev–Trinajstić information content (AvgIpc) is 2.64. The molecule has 0 bridgehead atoms. The number of rotatable bonds is 3. The number of carbonyl (C=O) groups excluding carboxylic acids is 2. The summed E-state index contributed by atoms with van der Waals surface area (Å²) in [6, 6.07) is 11.8. The van der Waals surface area contributed by atoms with Gasteiger partial charge in [-0.1, -0.05) is 46.9 Å². The lowest BCUT2D eigenvalue weighted by Crippen LogP contribution is -2.46. The largest absolute Gasteiger partial charge is 0.349 e. The molecule has 2 aromatic carbocycles. The van der Waals surface area contributed by atoms with Gasteiger partial charge in [0.1, 0.15) is 0 Å². The Morgan fingerprint density at radius 3 is 2.27 bits per heavy atom. The molecule has 2 aromatic rings. The first-order valence-electron chi connectivity index (χ1n) is 8.25. The van der Waals surface area contributed by atoms with Gasteiger partial charge in [0.05, 0.1) is 21.2 Å². The number of amides is 2. The molecule has 1 aliphatic heterocycles. The monoisotopic (exact) mass is 410 g/mol. The molecule has 1 saturated heterocycles. The Hall–Kier alpha value is -1.75. The lowest BCUT2D eigenvalue weighted by molar-refractivity contribution is 0.0698. The summed E-state index contributed by atoms with van der Waals surface area (Å²) in [6.07, 6.45) is 1.33. The van der Waals surface area contributed by atoms with Crippen LogP contribution in [0.1, 0.15) is 33.6 Å². The molecule has 26 heavy (non-hydrogen) atoms. The number of piperidine rings is 1. The summed E-state index contributed by atoms with van der Waals surface area (Å²) in [4.78, 5) is 26.7. The van der Waals surface area contributed by atoms with E-state index in [4.69, 9.17) is 34.8 Å². The number of hydrogen-bond donors (Lipinski definition) is 1. The Balaban J connectivity index is 1.59. The van der Waals surface area contributed by atoms with Crippen molar-refractivity contribution in [3.05, 3.63) is 68.7 Å². The smallest absolute Gasteiger partial charge is 0.255 e. The van der Waals surface area contributed by atoms with E-state index in [0.717, 1.165) is 0 Å². The molecule has 1 aliphatic rings. The fourth-order valence-corrected chi connectivity index (χ4v) is 3.56. The zero-order valence-electron chi connectivity index (χ0n) is 13.8. The van der Waals surface area contributed by atoms with Crippen LogP contribution in [0.3, 0.4) is 0 Å². The minimum Gasteiger partial charge on any atom is -0.349 e. The highest BCUT2D eigenvalue weighted by Gasteiger charge is 2.26. The molecule has 0 unspecified atom stereocenters. The van der Waals surface area contributed by atoms with Crippen LogP contribution in [0.25, 0.3) is 0 Å². The van der Waals surface area contributed by atoms with Crippen LogP contribution < -0.4 is 5.32 Å². The first-order chi connectivity index (χ1) is 12.5. The van der Waals surface area contributed by atoms with Crippen molar-refractivity contribution >= 4 is 46.6 Å². The molecule has 0 radical (unpaired) electrons. The molecule has 7 heteroatoms. The van der Waals surface area contributed by atoms with Crippen molar-refractivity contribution in [1.82, 2.24) is 10.2 Å². The van der Waals surface area contributed by atoms with Crippen molar-refractivity contribution < 1.29 is 9.59 Å². The number of nitrogens with zero attached hydrogens (tertiary/aromatic N) is 1. The van der Waals surface area contributed by atoms with E-state index < -0.39 is 0 Å². The SMILES string of the molecule is O=C(NC1CCN(C(=O)c2cc(Cl)ccc2Cl)CC1)c1ccccc1Cl. The number of nitrogens with one attached hydrogen (secondary N) is 1. The van der Waals surface area contributed by atoms with Crippen molar-refractivity contribution in [2.45, 2.75) is 18.9 Å². The molecule has 1 heterocycles. The van der Waals surface area contributed by atoms with E-state index in [1.54, 1.807) is 47.4 Å². The minimum atomic E-state index is -0.196. The third kappa shape index (κ3) is 4.32. The van der Waals surface area contributed by atoms with Crippen molar-refractivity contribution in [2.24, 2.45) is 0 Å². The van der Waals surface area contributed by atoms with Gasteiger partial charge in [0.25, 0.3) is 11.8 Å². The molecule has 0 spiro atoms. The normalized spacial score (nSPS) is 15.0. The van der Waals surface area contributed by atoms with Crippen LogP contribution in [0.4, 0.5) is 0 Å². The number of carbonyl (C=O) groups is 2. The van der Waals surface area contributed by atoms with Crippen LogP contribution >= 0.6 is 34.8 Å². The summed E-state index contributed by atoms with van der Waals surface area (Å²) in [6.45, 7) is 1.07. The van der Waals surface area contributed by atoms with E-state index in [2.05, 4.69) is 5.32 Å². The van der Waals surface area contributed by atoms with E-state index in [1.165, 1.54) is 0 Å². The summed E-state index contributed by atoms with van der Waals surface area (Å²) in [5, 5.41) is 4.27. The fourth-order valence-electron chi connectivity index (χ4n) is 2.97. The quantitative estimate of drug-likeness (QED) is 0.797. The van der Waals surface area contributed by atoms with E-state index in [1.807, 2.05) is 0 Å². The highest BCUT2D eigenvalue weighted by Crippen LogP contribution is 2.24. The molecule has 1 fully saturated rings. The van der Waals surface area contributed by atoms with Gasteiger partial charge in [-0.2, -0.15) is 0 Å². The van der Waals surface area contributed by atoms with Gasteiger partial charge in [-0.15, -0.1) is 0 Å². The molecule has 0 atom stereocenters. The van der Waals surface area contributed by atoms with Gasteiger partial charge >= 0.3 is 0 Å². The maximum atomic E-state index is 12.6. The van der Waals surface area contributed by atoms with E-state index >= 15 is 0 Å². The Morgan fingerprint density at radius 1 is 0.923 bits per heavy atom. The topological polar surface area (TPSA) is 49.4 Å². The Bertz CT molecular complexity index is 833. The molecule has 2 amide bonds. The van der Waals surface area contributed by atoms with Gasteiger partial charge in [0.15, 0.2) is 0 Å². The van der Waals surface area contributed by atoms with Crippen LogP contribution in [0.15, 0.2) is 42.5 Å². The van der Waals surface area contributed by atoms with Gasteiger partial charge < -0.3 is 10.2 Å². The van der Waals surface area contributed by atoms with Crippen molar-refractivity contribution in [2.75, 3.05) is 13.1 Å². The van der Waals surface area contributed by atoms with E-state index in [9.17, 15) is 9.59 Å². The molecule has 0 aliphatic carbocycles. The van der Waals surface area contributed by atoms with Gasteiger partial charge in [0, 0.05) is 24.2 Å². The van der Waals surface area contributed by atoms with Crippen LogP contribution in [0.5, 0.6) is 0 Å². The minimum absolute atomic E-state index is 0.00217. The number of hydrogen-bond acceptors (Lipinski definition) is 2. The molecule has 136 valence electrons. The summed E-state index contributed by atoms with van der Waals surface area (Å²) < 4.78 is 0. The molecule has 0 saturated carbocycles. The maximum Gasteiger partial charge on any atom is 0.255 e. The third-order valence-corrected chi connectivity index (χ3v) is 5.29. The lowest BCUT2D eigenvalue weighted by Gasteiger charge is -2.32. The first-order valence-corrected chi connectivity index (χ1v) is 9.39. The summed E-state index contributed by atoms with van der Waals surface area (Å²) in [5.41, 5.74) is 0.858. The van der Waals surface area contributed by atoms with Crippen LogP contribution in [-0.2, 0) is 0 Å². The summed E-state index contributed by atoms with van der Waals surface area (Å²) in [5.74, 6) is -0.341. The third-order valence-electron chi connectivity index (χ3n) is 4.39. The average molecular weight is 412 g/mol. The van der Waals surface area contributed by atoms with Crippen molar-refractivity contribution in [3.8, 4) is 0 Å². The van der Waals surface area contributed by atoms with Gasteiger partial charge in [0.2, 0.25) is 0 Å². The number of halogens is 3. The molecule has 3 rings (SSSR count). The molecular weight excluding hydrogens is 395 g/mol. The number of benzene rings is 2. The molecular formula is C19H17Cl3N2O2. The van der Waals surface area contributed by atoms with Gasteiger partial charge in [-0.05, 0) is 43.2 Å². The van der Waals surface area contributed by atoms with Crippen LogP contribution in [0, 0.1) is 0 Å². The van der Waals surface area contributed by atoms with Crippen LogP contribution in [-0.4, -0.2) is 35.8 Å². The Morgan fingerprint density at radius 2 is 1.58 bits per heavy atom. The highest BCUT2D eigenvalue weighted by molar-refractivity contribution is 6.35. The second-order valence-corrected chi connectivity index (χ2v) is 7.39. The second-order valence-electron chi connectivity index (χ2n) is 6.14. The maximum absolute atomic E-state index is 12.6. The number of likely N-dealkylation sites (tertiary alicyclic amines) is 1. The first kappa shape index (κ1) is 19.0. The zero-order valence-corrected chi connectivity index (χ0v) is 16.1. The lowest BCUT2D eigenvalue weighted by atomic mass is 10.0. The Labute approximate surface area is 167 Å². The molecule has 4 nitrogen and oxygen atoms in total. The van der Waals surface area contributed by atoms with E-state index in [-0.39, 0.29) is 17.9 Å². The predicted octanol–water partition coefficient (Wildman–Crippen LogP) is 4.68. The van der Waals surface area contributed by atoms with Crippen LogP contribution in [0.2, 0.25) is 15.1 Å². The summed E-state index contributed by atoms with van der Waals surface area (Å²) in [7, 11) is 0. The Kier molecular flexibility index (Phi) is 6.07. The second kappa shape index (κ2) is 8.30. The van der Waals surface area contributed by atoms with Gasteiger partial charge in [-0.25, -0.2) is 0 Å². The summed E-state index contributed by atoms with van der Waals surface area (Å²) >= 11 is 18.1. The van der Waals surface area contributed by atoms with E-state index in [0.29, 0.717) is 52.1 Å². The highest BCUT2D eigenvalue weighted by atomic mass is 35.5. The molecule has 1 N–H and O–H groups in total. The molecule has 0 aromatic heterocycles. The fraction of sp³-hybridized carbons (Fsp3) is 0.263.